The quantitative estimate of drug-likeness (QED) is 0.323. The molecule has 0 spiro atoms. The second kappa shape index (κ2) is 5.57. The largest absolute Gasteiger partial charge is 0.459 e. The average molecular weight is 182 g/mol. The molecule has 1 N–H and O–H groups in total. The van der Waals surface area contributed by atoms with Crippen LogP contribution in [-0.4, -0.2) is 50.7 Å². The van der Waals surface area contributed by atoms with Crippen LogP contribution in [0, 0.1) is 11.8 Å². The zero-order valence-corrected chi connectivity index (χ0v) is 7.80. The molecule has 1 rings (SSSR count). The van der Waals surface area contributed by atoms with E-state index in [1.807, 2.05) is 0 Å². The molecule has 4 nitrogen and oxygen atoms in total. The molecule has 1 aliphatic heterocycles. The highest BCUT2D eigenvalue weighted by Crippen LogP contribution is 1.89. The molecule has 4 heteroatoms. The number of nitrogens with zero attached hydrogens (tertiary/aromatic N) is 1. The van der Waals surface area contributed by atoms with Gasteiger partial charge in [0, 0.05) is 32.1 Å². The number of ether oxygens (including phenoxy) is 1. The van der Waals surface area contributed by atoms with Gasteiger partial charge in [-0.3, -0.25) is 4.90 Å². The molecule has 0 atom stereocenters. The van der Waals surface area contributed by atoms with Crippen LogP contribution >= 0.6 is 0 Å². The lowest BCUT2D eigenvalue weighted by molar-refractivity contribution is -0.133. The van der Waals surface area contributed by atoms with Crippen LogP contribution in [0.2, 0.25) is 0 Å². The molecule has 13 heavy (non-hydrogen) atoms. The molecule has 0 aliphatic carbocycles. The fraction of sp³-hybridized carbons (Fsp3) is 0.667. The molecule has 0 aromatic heterocycles. The van der Waals surface area contributed by atoms with Gasteiger partial charge in [-0.1, -0.05) is 5.92 Å². The van der Waals surface area contributed by atoms with Crippen molar-refractivity contribution in [3.05, 3.63) is 0 Å². The van der Waals surface area contributed by atoms with Crippen molar-refractivity contribution in [2.75, 3.05) is 39.8 Å². The van der Waals surface area contributed by atoms with E-state index in [0.717, 1.165) is 26.2 Å². The minimum Gasteiger partial charge on any atom is -0.459 e. The first-order chi connectivity index (χ1) is 6.33. The standard InChI is InChI=1S/C9H14N2O2/c1-13-9(12)3-2-6-11-7-4-10-5-8-11/h10H,4-8H2,1H3. The Morgan fingerprint density at radius 2 is 2.23 bits per heavy atom. The second-order valence-corrected chi connectivity index (χ2v) is 2.82. The van der Waals surface area contributed by atoms with Crippen molar-refractivity contribution >= 4 is 5.97 Å². The number of rotatable bonds is 1. The van der Waals surface area contributed by atoms with Crippen molar-refractivity contribution in [1.82, 2.24) is 10.2 Å². The minimum atomic E-state index is -0.463. The van der Waals surface area contributed by atoms with E-state index in [9.17, 15) is 4.79 Å². The Balaban J connectivity index is 2.22. The SMILES string of the molecule is COC(=O)C#CCN1CCNCC1. The predicted octanol–water partition coefficient (Wildman–Crippen LogP) is -0.932. The van der Waals surface area contributed by atoms with Gasteiger partial charge in [-0.15, -0.1) is 0 Å². The predicted molar refractivity (Wildman–Crippen MR) is 49.1 cm³/mol. The first-order valence-corrected chi connectivity index (χ1v) is 4.33. The topological polar surface area (TPSA) is 41.6 Å². The Labute approximate surface area is 78.2 Å². The van der Waals surface area contributed by atoms with E-state index >= 15 is 0 Å². The smallest absolute Gasteiger partial charge is 0.384 e. The summed E-state index contributed by atoms with van der Waals surface area (Å²) in [5.74, 6) is 4.72. The highest BCUT2D eigenvalue weighted by molar-refractivity contribution is 5.88. The summed E-state index contributed by atoms with van der Waals surface area (Å²) >= 11 is 0. The molecule has 0 radical (unpaired) electrons. The van der Waals surface area contributed by atoms with E-state index in [1.165, 1.54) is 7.11 Å². The number of carbonyl (C=O) groups is 1. The van der Waals surface area contributed by atoms with Gasteiger partial charge in [0.15, 0.2) is 0 Å². The average Bonchev–Trinajstić information content (AvgIpc) is 2.19. The molecule has 0 unspecified atom stereocenters. The second-order valence-electron chi connectivity index (χ2n) is 2.82. The minimum absolute atomic E-state index is 0.463. The maximum absolute atomic E-state index is 10.6. The van der Waals surface area contributed by atoms with Crippen LogP contribution in [-0.2, 0) is 9.53 Å². The third-order valence-corrected chi connectivity index (χ3v) is 1.89. The van der Waals surface area contributed by atoms with Crippen molar-refractivity contribution in [3.63, 3.8) is 0 Å². The number of methoxy groups -OCH3 is 1. The summed E-state index contributed by atoms with van der Waals surface area (Å²) in [7, 11) is 1.34. The molecule has 1 heterocycles. The summed E-state index contributed by atoms with van der Waals surface area (Å²) in [6, 6.07) is 0. The lowest BCUT2D eigenvalue weighted by Crippen LogP contribution is -2.43. The number of carbonyl (C=O) groups excluding carboxylic acids is 1. The first kappa shape index (κ1) is 10.0. The molecule has 72 valence electrons. The van der Waals surface area contributed by atoms with Crippen LogP contribution in [0.4, 0.5) is 0 Å². The van der Waals surface area contributed by atoms with Gasteiger partial charge in [-0.05, 0) is 0 Å². The maximum atomic E-state index is 10.6. The van der Waals surface area contributed by atoms with Gasteiger partial charge in [0.25, 0.3) is 0 Å². The summed E-state index contributed by atoms with van der Waals surface area (Å²) in [5.41, 5.74) is 0. The first-order valence-electron chi connectivity index (χ1n) is 4.33. The Bertz CT molecular complexity index is 224. The lowest BCUT2D eigenvalue weighted by atomic mass is 10.3. The summed E-state index contributed by atoms with van der Waals surface area (Å²) in [6.45, 7) is 4.64. The summed E-state index contributed by atoms with van der Waals surface area (Å²) < 4.78 is 4.40. The fourth-order valence-electron chi connectivity index (χ4n) is 1.14. The van der Waals surface area contributed by atoms with Crippen LogP contribution in [0.3, 0.4) is 0 Å². The van der Waals surface area contributed by atoms with Crippen LogP contribution in [0.5, 0.6) is 0 Å². The number of hydrogen-bond acceptors (Lipinski definition) is 4. The van der Waals surface area contributed by atoms with Crippen LogP contribution in [0.1, 0.15) is 0 Å². The Kier molecular flexibility index (Phi) is 4.30. The molecule has 1 aliphatic rings. The van der Waals surface area contributed by atoms with E-state index in [1.54, 1.807) is 0 Å². The van der Waals surface area contributed by atoms with Gasteiger partial charge in [-0.2, -0.15) is 0 Å². The number of esters is 1. The van der Waals surface area contributed by atoms with Crippen molar-refractivity contribution in [3.8, 4) is 11.8 Å². The van der Waals surface area contributed by atoms with Gasteiger partial charge >= 0.3 is 5.97 Å². The van der Waals surface area contributed by atoms with Crippen molar-refractivity contribution in [1.29, 1.82) is 0 Å². The molecule has 0 amide bonds. The van der Waals surface area contributed by atoms with Gasteiger partial charge in [0.2, 0.25) is 0 Å². The molecule has 1 saturated heterocycles. The normalized spacial score (nSPS) is 17.3. The van der Waals surface area contributed by atoms with Crippen molar-refractivity contribution in [2.24, 2.45) is 0 Å². The number of nitrogens with one attached hydrogen (secondary N) is 1. The maximum Gasteiger partial charge on any atom is 0.384 e. The van der Waals surface area contributed by atoms with Gasteiger partial charge in [0.05, 0.1) is 13.7 Å². The van der Waals surface area contributed by atoms with E-state index in [4.69, 9.17) is 0 Å². The highest BCUT2D eigenvalue weighted by Gasteiger charge is 2.06. The summed E-state index contributed by atoms with van der Waals surface area (Å²) in [6.07, 6.45) is 0. The van der Waals surface area contributed by atoms with E-state index < -0.39 is 5.97 Å². The molecule has 1 fully saturated rings. The van der Waals surface area contributed by atoms with E-state index in [-0.39, 0.29) is 0 Å². The van der Waals surface area contributed by atoms with Gasteiger partial charge in [-0.25, -0.2) is 4.79 Å². The van der Waals surface area contributed by atoms with Gasteiger partial charge in [0.1, 0.15) is 0 Å². The molecular formula is C9H14N2O2. The van der Waals surface area contributed by atoms with Crippen molar-refractivity contribution < 1.29 is 9.53 Å². The highest BCUT2D eigenvalue weighted by atomic mass is 16.5. The van der Waals surface area contributed by atoms with E-state index in [2.05, 4.69) is 26.8 Å². The molecule has 0 aromatic rings. The van der Waals surface area contributed by atoms with Crippen LogP contribution in [0.15, 0.2) is 0 Å². The number of piperazine rings is 1. The molecule has 0 bridgehead atoms. The fourth-order valence-corrected chi connectivity index (χ4v) is 1.14. The Hall–Kier alpha value is -1.05. The Morgan fingerprint density at radius 1 is 1.54 bits per heavy atom. The molecular weight excluding hydrogens is 168 g/mol. The Morgan fingerprint density at radius 3 is 2.85 bits per heavy atom. The zero-order valence-electron chi connectivity index (χ0n) is 7.80. The monoisotopic (exact) mass is 182 g/mol. The molecule has 0 saturated carbocycles. The van der Waals surface area contributed by atoms with E-state index in [0.29, 0.717) is 6.54 Å². The summed E-state index contributed by atoms with van der Waals surface area (Å²) in [5, 5.41) is 3.24. The van der Waals surface area contributed by atoms with Crippen molar-refractivity contribution in [2.45, 2.75) is 0 Å². The third-order valence-electron chi connectivity index (χ3n) is 1.89. The summed E-state index contributed by atoms with van der Waals surface area (Å²) in [4.78, 5) is 12.8. The van der Waals surface area contributed by atoms with Gasteiger partial charge < -0.3 is 10.1 Å². The lowest BCUT2D eigenvalue weighted by Gasteiger charge is -2.24. The van der Waals surface area contributed by atoms with Crippen LogP contribution < -0.4 is 5.32 Å². The molecule has 0 aromatic carbocycles. The van der Waals surface area contributed by atoms with Crippen LogP contribution in [0.25, 0.3) is 0 Å². The number of hydrogen-bond donors (Lipinski definition) is 1. The zero-order chi connectivity index (χ0) is 9.52. The third kappa shape index (κ3) is 3.92.